The molecule has 1 atom stereocenters. The van der Waals surface area contributed by atoms with Crippen LogP contribution in [0, 0.1) is 0 Å². The molecule has 0 bridgehead atoms. The summed E-state index contributed by atoms with van der Waals surface area (Å²) >= 11 is 0. The van der Waals surface area contributed by atoms with Gasteiger partial charge in [0.05, 0.1) is 5.92 Å². The minimum absolute atomic E-state index is 0.193. The molecule has 0 saturated heterocycles. The number of benzene rings is 8. The van der Waals surface area contributed by atoms with Crippen LogP contribution in [0.15, 0.2) is 194 Å². The molecule has 344 valence electrons. The Balaban J connectivity index is 0.860. The molecule has 0 saturated carbocycles. The lowest BCUT2D eigenvalue weighted by atomic mass is 10.0. The van der Waals surface area contributed by atoms with E-state index >= 15 is 0 Å². The van der Waals surface area contributed by atoms with Crippen LogP contribution in [-0.4, -0.2) is 16.2 Å². The minimum Gasteiger partial charge on any atom is -0.508 e. The molecule has 1 unspecified atom stereocenters. The fourth-order valence-electron chi connectivity index (χ4n) is 7.41. The van der Waals surface area contributed by atoms with E-state index in [0.29, 0.717) is 51.4 Å². The Kier molecular flexibility index (Phi) is 15.7. The molecular weight excluding hydrogens is 857 g/mol. The maximum absolute atomic E-state index is 11.7. The molecule has 0 aromatic heterocycles. The van der Waals surface area contributed by atoms with Crippen LogP contribution in [0.3, 0.4) is 0 Å². The smallest absolute Gasteiger partial charge is 0.310 e. The molecule has 10 heteroatoms. The van der Waals surface area contributed by atoms with Crippen molar-refractivity contribution in [3.8, 4) is 46.0 Å². The van der Waals surface area contributed by atoms with Crippen molar-refractivity contribution < 1.29 is 48.2 Å². The van der Waals surface area contributed by atoms with E-state index < -0.39 is 11.9 Å². The first-order valence-electron chi connectivity index (χ1n) is 22.3. The summed E-state index contributed by atoms with van der Waals surface area (Å²) in [5.74, 6) is 3.17. The Labute approximate surface area is 396 Å². The van der Waals surface area contributed by atoms with Crippen LogP contribution >= 0.6 is 0 Å². The molecule has 0 heterocycles. The highest BCUT2D eigenvalue weighted by atomic mass is 16.5. The van der Waals surface area contributed by atoms with Crippen LogP contribution in [-0.2, 0) is 51.0 Å². The van der Waals surface area contributed by atoms with E-state index in [-0.39, 0.29) is 52.0 Å². The van der Waals surface area contributed by atoms with Gasteiger partial charge in [0.2, 0.25) is 0 Å². The molecule has 2 N–H and O–H groups in total. The number of hydrogen-bond donors (Lipinski definition) is 2. The minimum atomic E-state index is -0.916. The van der Waals surface area contributed by atoms with Crippen LogP contribution in [0.5, 0.6) is 46.0 Å². The molecule has 10 nitrogen and oxygen atoms in total. The fourth-order valence-corrected chi connectivity index (χ4v) is 7.41. The van der Waals surface area contributed by atoms with Crippen LogP contribution in [0.25, 0.3) is 0 Å². The highest BCUT2D eigenvalue weighted by molar-refractivity contribution is 5.76. The molecule has 8 rings (SSSR count). The van der Waals surface area contributed by atoms with Crippen molar-refractivity contribution in [1.82, 2.24) is 0 Å². The Morgan fingerprint density at radius 2 is 0.559 bits per heavy atom. The normalized spacial score (nSPS) is 11.2. The lowest BCUT2D eigenvalue weighted by Gasteiger charge is -2.18. The average Bonchev–Trinajstić information content (AvgIpc) is 3.38. The van der Waals surface area contributed by atoms with Crippen molar-refractivity contribution in [3.63, 3.8) is 0 Å². The predicted molar refractivity (Wildman–Crippen MR) is 260 cm³/mol. The maximum Gasteiger partial charge on any atom is 0.310 e. The topological polar surface area (TPSA) is 122 Å². The van der Waals surface area contributed by atoms with Gasteiger partial charge in [-0.1, -0.05) is 146 Å². The van der Waals surface area contributed by atoms with E-state index in [2.05, 4.69) is 0 Å². The van der Waals surface area contributed by atoms with Crippen molar-refractivity contribution in [2.75, 3.05) is 0 Å². The Morgan fingerprint density at radius 3 is 0.853 bits per heavy atom. The number of carboxylic acid groups (broad SMARTS) is 1. The van der Waals surface area contributed by atoms with Crippen LogP contribution in [0.1, 0.15) is 57.3 Å². The summed E-state index contributed by atoms with van der Waals surface area (Å²) in [6.07, 6.45) is 0. The van der Waals surface area contributed by atoms with Gasteiger partial charge in [0.1, 0.15) is 92.2 Å². The number of hydrogen-bond acceptors (Lipinski definition) is 9. The molecule has 8 aromatic rings. The van der Waals surface area contributed by atoms with Crippen molar-refractivity contribution >= 4 is 5.97 Å². The summed E-state index contributed by atoms with van der Waals surface area (Å²) in [6, 6.07) is 60.9. The van der Waals surface area contributed by atoms with Gasteiger partial charge in [0, 0.05) is 44.5 Å². The molecule has 8 aromatic carbocycles. The second-order valence-electron chi connectivity index (χ2n) is 15.9. The third kappa shape index (κ3) is 12.3. The van der Waals surface area contributed by atoms with Gasteiger partial charge < -0.3 is 43.4 Å². The van der Waals surface area contributed by atoms with Crippen LogP contribution in [0.4, 0.5) is 0 Å². The first-order valence-corrected chi connectivity index (χ1v) is 22.3. The lowest BCUT2D eigenvalue weighted by molar-refractivity contribution is -0.138. The predicted octanol–water partition coefficient (Wildman–Crippen LogP) is 12.6. The van der Waals surface area contributed by atoms with Gasteiger partial charge in [-0.15, -0.1) is 0 Å². The zero-order valence-electron chi connectivity index (χ0n) is 37.7. The zero-order valence-corrected chi connectivity index (χ0v) is 37.7. The number of carbonyl (C=O) groups is 1. The summed E-state index contributed by atoms with van der Waals surface area (Å²) < 4.78 is 44.2. The first kappa shape index (κ1) is 46.2. The molecule has 0 radical (unpaired) electrons. The largest absolute Gasteiger partial charge is 0.508 e. The van der Waals surface area contributed by atoms with E-state index in [1.807, 2.05) is 170 Å². The standard InChI is InChI=1S/C58H52O10/c1-41(58(60)61)49-25-9-17-33-57(49)68-40-48-24-8-16-32-56(48)67-39-47-23-7-15-31-55(47)66-38-46-22-6-14-30-54(46)65-37-45-21-5-13-29-53(45)64-36-44-20-4-12-28-52(44)63-35-43-19-3-11-27-51(43)62-34-42-18-2-10-26-50(42)59/h2-33,41,59H,34-40H2,1H3,(H,60,61). The zero-order chi connectivity index (χ0) is 46.9. The molecule has 0 fully saturated rings. The van der Waals surface area contributed by atoms with Gasteiger partial charge in [0.15, 0.2) is 0 Å². The number of para-hydroxylation sites is 8. The van der Waals surface area contributed by atoms with Gasteiger partial charge in [-0.05, 0) is 55.5 Å². The second-order valence-corrected chi connectivity index (χ2v) is 15.9. The third-order valence-electron chi connectivity index (χ3n) is 11.3. The van der Waals surface area contributed by atoms with Crippen LogP contribution in [0.2, 0.25) is 0 Å². The summed E-state index contributed by atoms with van der Waals surface area (Å²) in [5.41, 5.74) is 6.51. The molecule has 0 aliphatic carbocycles. The highest BCUT2D eigenvalue weighted by Gasteiger charge is 2.19. The molecule has 68 heavy (non-hydrogen) atoms. The van der Waals surface area contributed by atoms with Gasteiger partial charge >= 0.3 is 5.97 Å². The number of aromatic hydroxyl groups is 1. The summed E-state index contributed by atoms with van der Waals surface area (Å²) in [4.78, 5) is 11.7. The van der Waals surface area contributed by atoms with E-state index in [4.69, 9.17) is 33.2 Å². The summed E-state index contributed by atoms with van der Waals surface area (Å²) in [6.45, 7) is 3.39. The van der Waals surface area contributed by atoms with Crippen molar-refractivity contribution in [3.05, 3.63) is 239 Å². The summed E-state index contributed by atoms with van der Waals surface area (Å²) in [7, 11) is 0. The number of aliphatic carboxylic acids is 1. The third-order valence-corrected chi connectivity index (χ3v) is 11.3. The lowest BCUT2D eigenvalue weighted by Crippen LogP contribution is -2.10. The van der Waals surface area contributed by atoms with Crippen molar-refractivity contribution in [1.29, 1.82) is 0 Å². The molecule has 0 amide bonds. The van der Waals surface area contributed by atoms with E-state index in [1.165, 1.54) is 0 Å². The van der Waals surface area contributed by atoms with Crippen molar-refractivity contribution in [2.45, 2.75) is 59.1 Å². The van der Waals surface area contributed by atoms with Gasteiger partial charge in [0.25, 0.3) is 0 Å². The second kappa shape index (κ2) is 23.2. The SMILES string of the molecule is CC(C(=O)O)c1ccccc1OCc1ccccc1OCc1ccccc1OCc1ccccc1OCc1ccccc1OCc1ccccc1OCc1ccccc1OCc1ccccc1O. The van der Waals surface area contributed by atoms with Gasteiger partial charge in [-0.2, -0.15) is 0 Å². The molecule has 0 spiro atoms. The van der Waals surface area contributed by atoms with E-state index in [0.717, 1.165) is 33.4 Å². The summed E-state index contributed by atoms with van der Waals surface area (Å²) in [5, 5.41) is 19.8. The van der Waals surface area contributed by atoms with Crippen LogP contribution < -0.4 is 33.2 Å². The molecular formula is C58H52O10. The first-order chi connectivity index (χ1) is 33.4. The number of rotatable bonds is 23. The highest BCUT2D eigenvalue weighted by Crippen LogP contribution is 2.32. The maximum atomic E-state index is 11.7. The van der Waals surface area contributed by atoms with E-state index in [9.17, 15) is 15.0 Å². The molecule has 0 aliphatic rings. The Morgan fingerprint density at radius 1 is 0.338 bits per heavy atom. The Bertz CT molecular complexity index is 2910. The van der Waals surface area contributed by atoms with Gasteiger partial charge in [-0.3, -0.25) is 4.79 Å². The van der Waals surface area contributed by atoms with Gasteiger partial charge in [-0.25, -0.2) is 0 Å². The Hall–Kier alpha value is -8.37. The number of phenols is 1. The quantitative estimate of drug-likeness (QED) is 0.0641. The number of ether oxygens (including phenoxy) is 7. The molecule has 0 aliphatic heterocycles. The monoisotopic (exact) mass is 908 g/mol. The number of phenolic OH excluding ortho intramolecular Hbond substituents is 1. The fraction of sp³-hybridized carbons (Fsp3) is 0.155. The average molecular weight is 909 g/mol. The number of carboxylic acids is 1. The van der Waals surface area contributed by atoms with E-state index in [1.54, 1.807) is 31.2 Å². The van der Waals surface area contributed by atoms with Crippen molar-refractivity contribution in [2.24, 2.45) is 0 Å².